The molecule has 0 N–H and O–H groups in total. The number of halogens is 1. The van der Waals surface area contributed by atoms with Crippen molar-refractivity contribution in [2.24, 2.45) is 0 Å². The Morgan fingerprint density at radius 2 is 1.96 bits per heavy atom. The van der Waals surface area contributed by atoms with E-state index in [1.165, 1.54) is 6.26 Å². The van der Waals surface area contributed by atoms with Crippen molar-refractivity contribution in [2.75, 3.05) is 6.61 Å². The molecule has 0 radical (unpaired) electrons. The Bertz CT molecular complexity index is 1020. The third kappa shape index (κ3) is 4.14. The summed E-state index contributed by atoms with van der Waals surface area (Å²) in [6.45, 7) is 3.88. The van der Waals surface area contributed by atoms with Crippen LogP contribution in [0.15, 0.2) is 57.9 Å². The zero-order valence-electron chi connectivity index (χ0n) is 15.0. The number of rotatable bonds is 6. The lowest BCUT2D eigenvalue weighted by Gasteiger charge is -2.14. The Morgan fingerprint density at radius 1 is 1.19 bits per heavy atom. The summed E-state index contributed by atoms with van der Waals surface area (Å²) in [7, 11) is 0. The summed E-state index contributed by atoms with van der Waals surface area (Å²) < 4.78 is 16.3. The highest BCUT2D eigenvalue weighted by atomic mass is 35.5. The third-order valence-corrected chi connectivity index (χ3v) is 4.33. The molecule has 0 saturated carbocycles. The standard InChI is InChI=1S/C21H19ClO5/c1-3-10-25-21(24)13(2)27-14-8-9-16-19(11-14)26-12-17(20(16)23)15-6-4-5-7-18(15)22/h4-9,11-13H,3,10H2,1-2H3/t13-/m0/s1. The van der Waals surface area contributed by atoms with Crippen molar-refractivity contribution in [1.82, 2.24) is 0 Å². The van der Waals surface area contributed by atoms with Crippen LogP contribution in [0, 0.1) is 0 Å². The van der Waals surface area contributed by atoms with Gasteiger partial charge >= 0.3 is 5.97 Å². The molecule has 0 bridgehead atoms. The van der Waals surface area contributed by atoms with Crippen molar-refractivity contribution in [1.29, 1.82) is 0 Å². The maximum absolute atomic E-state index is 12.8. The predicted molar refractivity (Wildman–Crippen MR) is 104 cm³/mol. The quantitative estimate of drug-likeness (QED) is 0.567. The first-order valence-electron chi connectivity index (χ1n) is 8.65. The van der Waals surface area contributed by atoms with E-state index in [1.54, 1.807) is 49.4 Å². The largest absolute Gasteiger partial charge is 0.479 e. The first-order valence-corrected chi connectivity index (χ1v) is 9.02. The lowest BCUT2D eigenvalue weighted by atomic mass is 10.1. The van der Waals surface area contributed by atoms with Crippen LogP contribution in [0.4, 0.5) is 0 Å². The van der Waals surface area contributed by atoms with Gasteiger partial charge in [0.05, 0.1) is 17.6 Å². The van der Waals surface area contributed by atoms with Crippen molar-refractivity contribution in [2.45, 2.75) is 26.4 Å². The van der Waals surface area contributed by atoms with E-state index in [1.807, 2.05) is 6.92 Å². The molecule has 0 fully saturated rings. The van der Waals surface area contributed by atoms with E-state index in [-0.39, 0.29) is 5.43 Å². The van der Waals surface area contributed by atoms with Gasteiger partial charge in [-0.25, -0.2) is 4.79 Å². The summed E-state index contributed by atoms with van der Waals surface area (Å²) in [5.41, 5.74) is 1.18. The molecule has 0 aliphatic rings. The van der Waals surface area contributed by atoms with Crippen LogP contribution in [0.3, 0.4) is 0 Å². The van der Waals surface area contributed by atoms with E-state index in [2.05, 4.69) is 0 Å². The van der Waals surface area contributed by atoms with Crippen molar-refractivity contribution in [3.05, 3.63) is 64.0 Å². The Balaban J connectivity index is 1.89. The molecule has 0 saturated heterocycles. The molecule has 0 amide bonds. The van der Waals surface area contributed by atoms with Crippen molar-refractivity contribution < 1.29 is 18.7 Å². The zero-order valence-corrected chi connectivity index (χ0v) is 15.8. The molecule has 3 aromatic rings. The number of carbonyl (C=O) groups excluding carboxylic acids is 1. The summed E-state index contributed by atoms with van der Waals surface area (Å²) in [5.74, 6) is -0.0236. The lowest BCUT2D eigenvalue weighted by Crippen LogP contribution is -2.26. The molecule has 2 aromatic carbocycles. The number of hydrogen-bond donors (Lipinski definition) is 0. The average Bonchev–Trinajstić information content (AvgIpc) is 2.67. The average molecular weight is 387 g/mol. The minimum Gasteiger partial charge on any atom is -0.479 e. The van der Waals surface area contributed by atoms with E-state index in [4.69, 9.17) is 25.5 Å². The van der Waals surface area contributed by atoms with E-state index in [0.717, 1.165) is 6.42 Å². The summed E-state index contributed by atoms with van der Waals surface area (Å²) in [4.78, 5) is 24.6. The van der Waals surface area contributed by atoms with Crippen LogP contribution in [-0.4, -0.2) is 18.7 Å². The second-order valence-corrected chi connectivity index (χ2v) is 6.45. The highest BCUT2D eigenvalue weighted by molar-refractivity contribution is 6.33. The van der Waals surface area contributed by atoms with E-state index in [9.17, 15) is 9.59 Å². The van der Waals surface area contributed by atoms with Crippen LogP contribution in [0.25, 0.3) is 22.1 Å². The van der Waals surface area contributed by atoms with Crippen LogP contribution in [0.2, 0.25) is 5.02 Å². The number of ether oxygens (including phenoxy) is 2. The SMILES string of the molecule is CCCOC(=O)[C@H](C)Oc1ccc2c(=O)c(-c3ccccc3Cl)coc2c1. The van der Waals surface area contributed by atoms with Gasteiger partial charge in [-0.1, -0.05) is 36.7 Å². The number of esters is 1. The first-order chi connectivity index (χ1) is 13.0. The molecule has 5 nitrogen and oxygen atoms in total. The van der Waals surface area contributed by atoms with Gasteiger partial charge in [0, 0.05) is 16.7 Å². The van der Waals surface area contributed by atoms with Gasteiger partial charge in [0.25, 0.3) is 0 Å². The molecule has 1 heterocycles. The van der Waals surface area contributed by atoms with Crippen LogP contribution >= 0.6 is 11.6 Å². The van der Waals surface area contributed by atoms with Gasteiger partial charge in [-0.3, -0.25) is 4.79 Å². The summed E-state index contributed by atoms with van der Waals surface area (Å²) >= 11 is 6.19. The van der Waals surface area contributed by atoms with Crippen molar-refractivity contribution in [3.8, 4) is 16.9 Å². The zero-order chi connectivity index (χ0) is 19.4. The molecule has 6 heteroatoms. The van der Waals surface area contributed by atoms with Gasteiger partial charge in [-0.15, -0.1) is 0 Å². The fraction of sp³-hybridized carbons (Fsp3) is 0.238. The van der Waals surface area contributed by atoms with Crippen molar-refractivity contribution >= 4 is 28.5 Å². The monoisotopic (exact) mass is 386 g/mol. The van der Waals surface area contributed by atoms with Crippen LogP contribution in [0.1, 0.15) is 20.3 Å². The van der Waals surface area contributed by atoms with E-state index < -0.39 is 12.1 Å². The van der Waals surface area contributed by atoms with Gasteiger partial charge in [0.1, 0.15) is 17.6 Å². The molecule has 27 heavy (non-hydrogen) atoms. The van der Waals surface area contributed by atoms with Crippen molar-refractivity contribution in [3.63, 3.8) is 0 Å². The minimum atomic E-state index is -0.761. The maximum atomic E-state index is 12.8. The first kappa shape index (κ1) is 19.0. The fourth-order valence-electron chi connectivity index (χ4n) is 2.62. The number of hydrogen-bond acceptors (Lipinski definition) is 5. The predicted octanol–water partition coefficient (Wildman–Crippen LogP) is 4.83. The normalized spacial score (nSPS) is 12.0. The Labute approximate surface area is 161 Å². The summed E-state index contributed by atoms with van der Waals surface area (Å²) in [5, 5.41) is 0.879. The third-order valence-electron chi connectivity index (χ3n) is 4.00. The van der Waals surface area contributed by atoms with Crippen LogP contribution in [0.5, 0.6) is 5.75 Å². The molecule has 3 rings (SSSR count). The Kier molecular flexibility index (Phi) is 5.81. The molecule has 0 aliphatic carbocycles. The highest BCUT2D eigenvalue weighted by Crippen LogP contribution is 2.28. The topological polar surface area (TPSA) is 65.7 Å². The lowest BCUT2D eigenvalue weighted by molar-refractivity contribution is -0.151. The Morgan fingerprint density at radius 3 is 2.70 bits per heavy atom. The minimum absolute atomic E-state index is 0.189. The van der Waals surface area contributed by atoms with Gasteiger partial charge in [0.15, 0.2) is 6.10 Å². The van der Waals surface area contributed by atoms with Gasteiger partial charge < -0.3 is 13.9 Å². The number of fused-ring (bicyclic) bond motifs is 1. The van der Waals surface area contributed by atoms with Gasteiger partial charge in [-0.2, -0.15) is 0 Å². The molecule has 0 aliphatic heterocycles. The van der Waals surface area contributed by atoms with Crippen LogP contribution in [-0.2, 0) is 9.53 Å². The number of carbonyl (C=O) groups is 1. The highest BCUT2D eigenvalue weighted by Gasteiger charge is 2.17. The van der Waals surface area contributed by atoms with Gasteiger partial charge in [0.2, 0.25) is 5.43 Å². The molecule has 1 atom stereocenters. The second kappa shape index (κ2) is 8.27. The Hall–Kier alpha value is -2.79. The molecular weight excluding hydrogens is 368 g/mol. The van der Waals surface area contributed by atoms with Gasteiger partial charge in [-0.05, 0) is 31.5 Å². The second-order valence-electron chi connectivity index (χ2n) is 6.04. The summed E-state index contributed by atoms with van der Waals surface area (Å²) in [6.07, 6.45) is 1.37. The fourth-order valence-corrected chi connectivity index (χ4v) is 2.86. The molecule has 0 spiro atoms. The van der Waals surface area contributed by atoms with E-state index >= 15 is 0 Å². The maximum Gasteiger partial charge on any atom is 0.347 e. The molecular formula is C21H19ClO5. The van der Waals surface area contributed by atoms with Crippen LogP contribution < -0.4 is 10.2 Å². The molecule has 0 unspecified atom stereocenters. The number of benzene rings is 2. The van der Waals surface area contributed by atoms with E-state index in [0.29, 0.717) is 39.5 Å². The molecule has 1 aromatic heterocycles. The molecule has 140 valence electrons. The summed E-state index contributed by atoms with van der Waals surface area (Å²) in [6, 6.07) is 11.9. The smallest absolute Gasteiger partial charge is 0.347 e.